The van der Waals surface area contributed by atoms with Gasteiger partial charge in [0.25, 0.3) is 0 Å². The number of nitrogens with one attached hydrogen (secondary N) is 2. The van der Waals surface area contributed by atoms with Crippen molar-refractivity contribution in [2.75, 3.05) is 5.32 Å². The highest BCUT2D eigenvalue weighted by Gasteiger charge is 2.16. The minimum atomic E-state index is -0.464. The predicted octanol–water partition coefficient (Wildman–Crippen LogP) is 2.70. The van der Waals surface area contributed by atoms with Gasteiger partial charge in [-0.05, 0) is 18.3 Å². The summed E-state index contributed by atoms with van der Waals surface area (Å²) >= 11 is 0. The van der Waals surface area contributed by atoms with Gasteiger partial charge in [0.1, 0.15) is 6.20 Å². The summed E-state index contributed by atoms with van der Waals surface area (Å²) in [4.78, 5) is 10.2. The standard InChI is InChI=1S/C10H18N4O2/c1-3-4-5-6-8(2)12-9-7-11-13-10(9)14(15)16/h7-8,12H,3-6H2,1-2H3,(H,11,13). The average Bonchev–Trinajstić information content (AvgIpc) is 2.66. The van der Waals surface area contributed by atoms with Crippen LogP contribution in [0.4, 0.5) is 11.5 Å². The van der Waals surface area contributed by atoms with Gasteiger partial charge in [-0.3, -0.25) is 0 Å². The molecule has 0 spiro atoms. The van der Waals surface area contributed by atoms with E-state index in [0.29, 0.717) is 5.69 Å². The molecule has 0 bridgehead atoms. The van der Waals surface area contributed by atoms with Crippen molar-refractivity contribution in [3.63, 3.8) is 0 Å². The Bertz CT molecular complexity index is 337. The van der Waals surface area contributed by atoms with Crippen molar-refractivity contribution in [2.45, 2.75) is 45.6 Å². The molecule has 0 aliphatic carbocycles. The minimum absolute atomic E-state index is 0.0673. The number of aromatic amines is 1. The first-order valence-electron chi connectivity index (χ1n) is 5.59. The largest absolute Gasteiger partial charge is 0.374 e. The molecule has 2 N–H and O–H groups in total. The molecular formula is C10H18N4O2. The first kappa shape index (κ1) is 12.5. The van der Waals surface area contributed by atoms with Crippen LogP contribution < -0.4 is 5.32 Å². The second-order valence-corrected chi connectivity index (χ2v) is 3.93. The molecule has 0 aromatic carbocycles. The summed E-state index contributed by atoms with van der Waals surface area (Å²) in [7, 11) is 0. The van der Waals surface area contributed by atoms with Gasteiger partial charge >= 0.3 is 5.82 Å². The second-order valence-electron chi connectivity index (χ2n) is 3.93. The molecule has 6 nitrogen and oxygen atoms in total. The lowest BCUT2D eigenvalue weighted by atomic mass is 10.1. The van der Waals surface area contributed by atoms with Gasteiger partial charge < -0.3 is 15.4 Å². The van der Waals surface area contributed by atoms with Crippen LogP contribution in [0, 0.1) is 10.1 Å². The van der Waals surface area contributed by atoms with Crippen molar-refractivity contribution in [2.24, 2.45) is 0 Å². The summed E-state index contributed by atoms with van der Waals surface area (Å²) in [5.41, 5.74) is 0.467. The van der Waals surface area contributed by atoms with E-state index in [0.717, 1.165) is 12.8 Å². The van der Waals surface area contributed by atoms with Crippen LogP contribution in [0.1, 0.15) is 39.5 Å². The molecule has 1 unspecified atom stereocenters. The van der Waals surface area contributed by atoms with Crippen molar-refractivity contribution < 1.29 is 4.92 Å². The van der Waals surface area contributed by atoms with Gasteiger partial charge in [0, 0.05) is 6.04 Å². The lowest BCUT2D eigenvalue weighted by Gasteiger charge is -2.12. The second kappa shape index (κ2) is 6.09. The van der Waals surface area contributed by atoms with Gasteiger partial charge in [-0.25, -0.2) is 0 Å². The van der Waals surface area contributed by atoms with Crippen LogP contribution in [-0.4, -0.2) is 21.2 Å². The number of H-pyrrole nitrogens is 1. The summed E-state index contributed by atoms with van der Waals surface area (Å²) in [6.45, 7) is 4.17. The number of hydrogen-bond acceptors (Lipinski definition) is 4. The molecule has 90 valence electrons. The first-order chi connectivity index (χ1) is 7.65. The van der Waals surface area contributed by atoms with Crippen LogP contribution in [0.2, 0.25) is 0 Å². The zero-order valence-electron chi connectivity index (χ0n) is 9.69. The van der Waals surface area contributed by atoms with Crippen LogP contribution in [0.5, 0.6) is 0 Å². The van der Waals surface area contributed by atoms with E-state index in [-0.39, 0.29) is 11.9 Å². The third kappa shape index (κ3) is 3.52. The van der Waals surface area contributed by atoms with E-state index in [4.69, 9.17) is 0 Å². The van der Waals surface area contributed by atoms with Gasteiger partial charge in [0.15, 0.2) is 5.69 Å². The Morgan fingerprint density at radius 3 is 3.00 bits per heavy atom. The number of rotatable bonds is 7. The maximum absolute atomic E-state index is 10.6. The number of nitrogens with zero attached hydrogens (tertiary/aromatic N) is 2. The maximum atomic E-state index is 10.6. The van der Waals surface area contributed by atoms with E-state index in [1.54, 1.807) is 0 Å². The van der Waals surface area contributed by atoms with Crippen LogP contribution in [0.3, 0.4) is 0 Å². The molecule has 1 rings (SSSR count). The van der Waals surface area contributed by atoms with Crippen LogP contribution >= 0.6 is 0 Å². The molecule has 1 aromatic rings. The average molecular weight is 226 g/mol. The summed E-state index contributed by atoms with van der Waals surface area (Å²) in [6.07, 6.45) is 5.97. The highest BCUT2D eigenvalue weighted by Crippen LogP contribution is 2.21. The van der Waals surface area contributed by atoms with E-state index in [1.807, 2.05) is 6.92 Å². The molecule has 1 aromatic heterocycles. The first-order valence-corrected chi connectivity index (χ1v) is 5.59. The molecule has 0 aliphatic heterocycles. The van der Waals surface area contributed by atoms with E-state index < -0.39 is 4.92 Å². The summed E-state index contributed by atoms with van der Waals surface area (Å²) in [5, 5.41) is 19.7. The van der Waals surface area contributed by atoms with Crippen LogP contribution in [0.15, 0.2) is 6.20 Å². The zero-order valence-corrected chi connectivity index (χ0v) is 9.69. The number of anilines is 1. The van der Waals surface area contributed by atoms with Crippen molar-refractivity contribution in [1.29, 1.82) is 0 Å². The smallest absolute Gasteiger partial charge is 0.366 e. The van der Waals surface area contributed by atoms with Crippen molar-refractivity contribution in [3.8, 4) is 0 Å². The Labute approximate surface area is 94.6 Å². The van der Waals surface area contributed by atoms with Crippen molar-refractivity contribution >= 4 is 11.5 Å². The molecule has 0 aliphatic rings. The number of aromatic nitrogens is 2. The van der Waals surface area contributed by atoms with Gasteiger partial charge in [-0.15, -0.1) is 5.10 Å². The molecule has 0 fully saturated rings. The molecule has 1 atom stereocenters. The highest BCUT2D eigenvalue weighted by atomic mass is 16.6. The third-order valence-electron chi connectivity index (χ3n) is 2.44. The quantitative estimate of drug-likeness (QED) is 0.425. The van der Waals surface area contributed by atoms with Gasteiger partial charge in [-0.2, -0.15) is 0 Å². The molecule has 16 heavy (non-hydrogen) atoms. The Hall–Kier alpha value is -1.59. The SMILES string of the molecule is CCCCCC(C)Nc1cn[nH]c1[N+](=O)[O-]. The molecule has 0 radical (unpaired) electrons. The van der Waals surface area contributed by atoms with Gasteiger partial charge in [0.05, 0.1) is 0 Å². The van der Waals surface area contributed by atoms with E-state index >= 15 is 0 Å². The Morgan fingerprint density at radius 2 is 2.38 bits per heavy atom. The predicted molar refractivity (Wildman–Crippen MR) is 62.5 cm³/mol. The number of hydrogen-bond donors (Lipinski definition) is 2. The maximum Gasteiger partial charge on any atom is 0.366 e. The molecule has 0 saturated heterocycles. The normalized spacial score (nSPS) is 12.4. The Kier molecular flexibility index (Phi) is 4.75. The molecule has 6 heteroatoms. The lowest BCUT2D eigenvalue weighted by molar-refractivity contribution is -0.388. The molecular weight excluding hydrogens is 208 g/mol. The minimum Gasteiger partial charge on any atom is -0.374 e. The fourth-order valence-corrected chi connectivity index (χ4v) is 1.56. The monoisotopic (exact) mass is 226 g/mol. The van der Waals surface area contributed by atoms with E-state index in [2.05, 4.69) is 22.4 Å². The Morgan fingerprint density at radius 1 is 1.62 bits per heavy atom. The van der Waals surface area contributed by atoms with Crippen molar-refractivity contribution in [1.82, 2.24) is 10.2 Å². The number of unbranched alkanes of at least 4 members (excludes halogenated alkanes) is 2. The van der Waals surface area contributed by atoms with Crippen LogP contribution in [0.25, 0.3) is 0 Å². The lowest BCUT2D eigenvalue weighted by Crippen LogP contribution is -2.15. The van der Waals surface area contributed by atoms with E-state index in [1.165, 1.54) is 19.0 Å². The Balaban J connectivity index is 2.46. The number of nitro groups is 1. The highest BCUT2D eigenvalue weighted by molar-refractivity contribution is 5.55. The summed E-state index contributed by atoms with van der Waals surface area (Å²) in [6, 6.07) is 0.225. The molecule has 1 heterocycles. The van der Waals surface area contributed by atoms with Crippen molar-refractivity contribution in [3.05, 3.63) is 16.3 Å². The molecule has 0 amide bonds. The zero-order chi connectivity index (χ0) is 12.0. The topological polar surface area (TPSA) is 83.8 Å². The summed E-state index contributed by atoms with van der Waals surface area (Å²) < 4.78 is 0. The fraction of sp³-hybridized carbons (Fsp3) is 0.700. The summed E-state index contributed by atoms with van der Waals surface area (Å²) in [5.74, 6) is -0.0673. The van der Waals surface area contributed by atoms with Crippen LogP contribution in [-0.2, 0) is 0 Å². The van der Waals surface area contributed by atoms with Gasteiger partial charge in [0.2, 0.25) is 0 Å². The van der Waals surface area contributed by atoms with E-state index in [9.17, 15) is 10.1 Å². The fourth-order valence-electron chi connectivity index (χ4n) is 1.56. The third-order valence-corrected chi connectivity index (χ3v) is 2.44. The van der Waals surface area contributed by atoms with Gasteiger partial charge in [-0.1, -0.05) is 31.3 Å². The molecule has 0 saturated carbocycles.